The quantitative estimate of drug-likeness (QED) is 0.902. The van der Waals surface area contributed by atoms with Crippen molar-refractivity contribution >= 4 is 17.6 Å². The van der Waals surface area contributed by atoms with Gasteiger partial charge in [0.05, 0.1) is 11.3 Å². The van der Waals surface area contributed by atoms with Gasteiger partial charge in [-0.15, -0.1) is 0 Å². The number of fused-ring (bicyclic) bond motifs is 1. The second kappa shape index (κ2) is 5.99. The van der Waals surface area contributed by atoms with Crippen LogP contribution in [0.5, 0.6) is 0 Å². The number of pyridine rings is 1. The number of carboxylic acids is 1. The van der Waals surface area contributed by atoms with Crippen LogP contribution in [0, 0.1) is 12.3 Å². The summed E-state index contributed by atoms with van der Waals surface area (Å²) in [5.74, 6) is -0.991. The number of carbonyl (C=O) groups is 2. The van der Waals surface area contributed by atoms with Gasteiger partial charge in [-0.25, -0.2) is 9.78 Å². The molecule has 1 aliphatic heterocycles. The molecule has 0 radical (unpaired) electrons. The fourth-order valence-corrected chi connectivity index (χ4v) is 3.38. The Morgan fingerprint density at radius 3 is 2.44 bits per heavy atom. The monoisotopic (exact) mass is 338 g/mol. The Bertz CT molecular complexity index is 852. The van der Waals surface area contributed by atoms with Crippen LogP contribution in [0.1, 0.15) is 58.8 Å². The highest BCUT2D eigenvalue weighted by Crippen LogP contribution is 2.45. The molecule has 0 spiro atoms. The molecule has 1 aliphatic rings. The number of anilines is 1. The molecule has 1 atom stereocenters. The zero-order chi connectivity index (χ0) is 18.4. The van der Waals surface area contributed by atoms with Crippen molar-refractivity contribution in [3.63, 3.8) is 0 Å². The fraction of sp³-hybridized carbons (Fsp3) is 0.350. The van der Waals surface area contributed by atoms with E-state index in [4.69, 9.17) is 5.11 Å². The van der Waals surface area contributed by atoms with Crippen molar-refractivity contribution in [2.24, 2.45) is 5.41 Å². The van der Waals surface area contributed by atoms with E-state index in [-0.39, 0.29) is 28.5 Å². The lowest BCUT2D eigenvalue weighted by Gasteiger charge is -2.27. The summed E-state index contributed by atoms with van der Waals surface area (Å²) in [5, 5.41) is 9.13. The number of amides is 1. The molecule has 1 aromatic heterocycles. The molecular weight excluding hydrogens is 316 g/mol. The number of rotatable bonds is 2. The maximum absolute atomic E-state index is 13.0. The van der Waals surface area contributed by atoms with Crippen LogP contribution in [0.3, 0.4) is 0 Å². The Morgan fingerprint density at radius 2 is 1.84 bits per heavy atom. The smallest absolute Gasteiger partial charge is 0.337 e. The van der Waals surface area contributed by atoms with Gasteiger partial charge in [0, 0.05) is 18.2 Å². The van der Waals surface area contributed by atoms with Crippen molar-refractivity contribution in [1.82, 2.24) is 4.98 Å². The Morgan fingerprint density at radius 1 is 1.16 bits per heavy atom. The van der Waals surface area contributed by atoms with E-state index in [1.54, 1.807) is 11.8 Å². The molecule has 1 aromatic carbocycles. The van der Waals surface area contributed by atoms with Crippen molar-refractivity contribution in [1.29, 1.82) is 0 Å². The number of hydrogen-bond donors (Lipinski definition) is 1. The third-order valence-electron chi connectivity index (χ3n) is 4.79. The topological polar surface area (TPSA) is 70.5 Å². The fourth-order valence-electron chi connectivity index (χ4n) is 3.38. The summed E-state index contributed by atoms with van der Waals surface area (Å²) in [7, 11) is 0. The van der Waals surface area contributed by atoms with Crippen LogP contribution in [0.4, 0.5) is 5.69 Å². The van der Waals surface area contributed by atoms with Crippen molar-refractivity contribution in [3.8, 4) is 0 Å². The number of aromatic carboxylic acids is 1. The second-order valence-corrected chi connectivity index (χ2v) is 7.53. The molecule has 5 nitrogen and oxygen atoms in total. The van der Waals surface area contributed by atoms with Gasteiger partial charge in [-0.1, -0.05) is 39.0 Å². The van der Waals surface area contributed by atoms with Gasteiger partial charge in [0.25, 0.3) is 5.91 Å². The van der Waals surface area contributed by atoms with E-state index in [2.05, 4.69) is 31.8 Å². The average molecular weight is 338 g/mol. The predicted octanol–water partition coefficient (Wildman–Crippen LogP) is 3.88. The van der Waals surface area contributed by atoms with E-state index >= 15 is 0 Å². The summed E-state index contributed by atoms with van der Waals surface area (Å²) in [4.78, 5) is 30.2. The summed E-state index contributed by atoms with van der Waals surface area (Å²) >= 11 is 0. The van der Waals surface area contributed by atoms with Crippen LogP contribution < -0.4 is 4.90 Å². The number of benzene rings is 1. The second-order valence-electron chi connectivity index (χ2n) is 7.53. The van der Waals surface area contributed by atoms with Crippen LogP contribution in [-0.4, -0.2) is 28.5 Å². The van der Waals surface area contributed by atoms with E-state index in [9.17, 15) is 9.59 Å². The lowest BCUT2D eigenvalue weighted by Crippen LogP contribution is -2.33. The van der Waals surface area contributed by atoms with Gasteiger partial charge < -0.3 is 10.0 Å². The minimum atomic E-state index is -1.04. The first-order chi connectivity index (χ1) is 11.7. The molecule has 130 valence electrons. The first kappa shape index (κ1) is 17.1. The minimum Gasteiger partial charge on any atom is -0.478 e. The third kappa shape index (κ3) is 3.02. The molecule has 0 saturated heterocycles. The van der Waals surface area contributed by atoms with E-state index in [1.807, 2.05) is 18.2 Å². The highest BCUT2D eigenvalue weighted by molar-refractivity contribution is 6.06. The molecule has 0 bridgehead atoms. The zero-order valence-electron chi connectivity index (χ0n) is 14.9. The normalized spacial score (nSPS) is 16.6. The molecular formula is C20H22N2O3. The van der Waals surface area contributed by atoms with Crippen molar-refractivity contribution in [3.05, 3.63) is 58.9 Å². The molecule has 1 N–H and O–H groups in total. The van der Waals surface area contributed by atoms with Gasteiger partial charge in [-0.05, 0) is 36.1 Å². The number of nitrogens with zero attached hydrogens (tertiary/aromatic N) is 2. The Hall–Kier alpha value is -2.69. The minimum absolute atomic E-state index is 0.0294. The molecule has 2 aromatic rings. The maximum atomic E-state index is 13.0. The van der Waals surface area contributed by atoms with Crippen molar-refractivity contribution in [2.45, 2.75) is 33.6 Å². The molecule has 2 heterocycles. The summed E-state index contributed by atoms with van der Waals surface area (Å²) in [6.45, 7) is 8.73. The van der Waals surface area contributed by atoms with Gasteiger partial charge in [-0.3, -0.25) is 4.79 Å². The number of para-hydroxylation sites is 1. The zero-order valence-corrected chi connectivity index (χ0v) is 14.9. The molecule has 1 amide bonds. The lowest BCUT2D eigenvalue weighted by atomic mass is 9.78. The maximum Gasteiger partial charge on any atom is 0.337 e. The summed E-state index contributed by atoms with van der Waals surface area (Å²) in [6.07, 6.45) is 0. The first-order valence-corrected chi connectivity index (χ1v) is 8.32. The van der Waals surface area contributed by atoms with Crippen LogP contribution in [0.25, 0.3) is 0 Å². The molecule has 0 aliphatic carbocycles. The molecule has 3 rings (SSSR count). The third-order valence-corrected chi connectivity index (χ3v) is 4.79. The van der Waals surface area contributed by atoms with Gasteiger partial charge in [-0.2, -0.15) is 0 Å². The van der Waals surface area contributed by atoms with Crippen LogP contribution in [0.15, 0.2) is 36.4 Å². The predicted molar refractivity (Wildman–Crippen MR) is 96.2 cm³/mol. The first-order valence-electron chi connectivity index (χ1n) is 8.32. The molecule has 0 fully saturated rings. The standard InChI is InChI=1S/C20H22N2O3/c1-12-13(19(24)25)9-10-16(21-12)18(23)22-11-15(20(2,3)4)14-7-5-6-8-17(14)22/h5-10,15H,11H2,1-4H3,(H,24,25). The van der Waals surface area contributed by atoms with Crippen LogP contribution in [0.2, 0.25) is 0 Å². The van der Waals surface area contributed by atoms with E-state index in [0.29, 0.717) is 12.2 Å². The number of carbonyl (C=O) groups excluding carboxylic acids is 1. The van der Waals surface area contributed by atoms with E-state index in [0.717, 1.165) is 5.69 Å². The van der Waals surface area contributed by atoms with Gasteiger partial charge >= 0.3 is 5.97 Å². The van der Waals surface area contributed by atoms with E-state index in [1.165, 1.54) is 17.7 Å². The number of carboxylic acid groups (broad SMARTS) is 1. The molecule has 1 unspecified atom stereocenters. The van der Waals surface area contributed by atoms with Gasteiger partial charge in [0.2, 0.25) is 0 Å². The molecule has 5 heteroatoms. The number of aryl methyl sites for hydroxylation is 1. The highest BCUT2D eigenvalue weighted by Gasteiger charge is 2.39. The summed E-state index contributed by atoms with van der Waals surface area (Å²) in [5.41, 5.74) is 2.84. The summed E-state index contributed by atoms with van der Waals surface area (Å²) in [6, 6.07) is 10.9. The Balaban J connectivity index is 1.99. The number of hydrogen-bond acceptors (Lipinski definition) is 3. The molecule has 0 saturated carbocycles. The van der Waals surface area contributed by atoms with Crippen LogP contribution >= 0.6 is 0 Å². The Kier molecular flexibility index (Phi) is 4.11. The van der Waals surface area contributed by atoms with E-state index < -0.39 is 5.97 Å². The highest BCUT2D eigenvalue weighted by atomic mass is 16.4. The summed E-state index contributed by atoms with van der Waals surface area (Å²) < 4.78 is 0. The van der Waals surface area contributed by atoms with Gasteiger partial charge in [0.15, 0.2) is 0 Å². The van der Waals surface area contributed by atoms with Crippen molar-refractivity contribution in [2.75, 3.05) is 11.4 Å². The SMILES string of the molecule is Cc1nc(C(=O)N2CC(C(C)(C)C)c3ccccc32)ccc1C(=O)O. The molecule has 25 heavy (non-hydrogen) atoms. The van der Waals surface area contributed by atoms with Gasteiger partial charge in [0.1, 0.15) is 5.69 Å². The Labute approximate surface area is 147 Å². The van der Waals surface area contributed by atoms with Crippen molar-refractivity contribution < 1.29 is 14.7 Å². The largest absolute Gasteiger partial charge is 0.478 e. The lowest BCUT2D eigenvalue weighted by molar-refractivity contribution is 0.0694. The number of aromatic nitrogens is 1. The van der Waals surface area contributed by atoms with Crippen LogP contribution in [-0.2, 0) is 0 Å². The average Bonchev–Trinajstić information content (AvgIpc) is 2.93.